The van der Waals surface area contributed by atoms with Crippen LogP contribution in [0.3, 0.4) is 0 Å². The van der Waals surface area contributed by atoms with Gasteiger partial charge in [-0.2, -0.15) is 0 Å². The van der Waals surface area contributed by atoms with Crippen LogP contribution in [-0.2, 0) is 20.4 Å². The van der Waals surface area contributed by atoms with Crippen LogP contribution in [0.1, 0.15) is 43.4 Å². The van der Waals surface area contributed by atoms with Crippen molar-refractivity contribution in [1.29, 1.82) is 0 Å². The van der Waals surface area contributed by atoms with E-state index in [-0.39, 0.29) is 24.8 Å². The van der Waals surface area contributed by atoms with E-state index >= 15 is 0 Å². The molecule has 0 amide bonds. The molecular weight excluding hydrogens is 727 g/mol. The minimum absolute atomic E-state index is 0. The average molecular weight is 775 g/mol. The van der Waals surface area contributed by atoms with E-state index < -0.39 is 41.9 Å². The van der Waals surface area contributed by atoms with Gasteiger partial charge in [0.1, 0.15) is 0 Å². The third kappa shape index (κ3) is 6.96. The largest absolute Gasteiger partial charge is 1.00 e. The Kier molecular flexibility index (Phi) is 11.5. The Morgan fingerprint density at radius 1 is 0.522 bits per heavy atom. The Bertz CT molecular complexity index is 1720. The van der Waals surface area contributed by atoms with E-state index in [2.05, 4.69) is 163 Å². The van der Waals surface area contributed by atoms with Crippen LogP contribution in [0, 0.1) is 0 Å². The number of benzene rings is 4. The molecular formula is C40H48Cl2Si3Zr. The van der Waals surface area contributed by atoms with Crippen molar-refractivity contribution < 1.29 is 45.2 Å². The molecule has 0 bridgehead atoms. The Morgan fingerprint density at radius 3 is 1.17 bits per heavy atom. The van der Waals surface area contributed by atoms with Crippen molar-refractivity contribution in [2.75, 3.05) is 0 Å². The molecule has 2 atom stereocenters. The standard InChI is InChI=1S/2C19H21Si.C2H6Si.2ClH.Zr/c2*1-14-12-16-6-5-7-18(19(16)13-14)15-8-10-17(11-9-15)20(2,3)4;1-3-2;;;/h2*5-13H,1-4H3;1-2H3;2*1H;/q;;;;;+2/p-2. The molecule has 0 saturated carbocycles. The van der Waals surface area contributed by atoms with Crippen molar-refractivity contribution in [2.45, 2.75) is 73.5 Å². The second-order valence-corrected chi connectivity index (χ2v) is 43.4. The Morgan fingerprint density at radius 2 is 0.870 bits per heavy atom. The zero-order valence-electron chi connectivity index (χ0n) is 29.1. The minimum Gasteiger partial charge on any atom is -1.00 e. The summed E-state index contributed by atoms with van der Waals surface area (Å²) in [6.07, 6.45) is 5.14. The molecule has 0 saturated heterocycles. The molecule has 0 aromatic heterocycles. The predicted octanol–water partition coefficient (Wildman–Crippen LogP) is 4.60. The van der Waals surface area contributed by atoms with Crippen LogP contribution in [0.5, 0.6) is 0 Å². The van der Waals surface area contributed by atoms with Crippen LogP contribution < -0.4 is 35.2 Å². The smallest absolute Gasteiger partial charge is 1.00 e. The van der Waals surface area contributed by atoms with Crippen LogP contribution in [0.15, 0.2) is 96.1 Å². The van der Waals surface area contributed by atoms with E-state index in [0.717, 1.165) is 0 Å². The first-order valence-electron chi connectivity index (χ1n) is 16.3. The van der Waals surface area contributed by atoms with E-state index in [1.54, 1.807) is 22.3 Å². The van der Waals surface area contributed by atoms with Gasteiger partial charge in [-0.1, -0.05) is 0 Å². The summed E-state index contributed by atoms with van der Waals surface area (Å²) in [5.41, 5.74) is 14.6. The summed E-state index contributed by atoms with van der Waals surface area (Å²) in [6, 6.07) is 33.4. The number of hydrogen-bond acceptors (Lipinski definition) is 0. The maximum absolute atomic E-state index is 2.63. The summed E-state index contributed by atoms with van der Waals surface area (Å²) in [7, 11) is -2.64. The summed E-state index contributed by atoms with van der Waals surface area (Å²) in [4.78, 5) is 0. The van der Waals surface area contributed by atoms with Crippen molar-refractivity contribution in [2.24, 2.45) is 0 Å². The third-order valence-corrected chi connectivity index (χ3v) is 33.9. The number of halogens is 2. The molecule has 4 aromatic rings. The zero-order valence-corrected chi connectivity index (χ0v) is 36.1. The molecule has 2 aliphatic rings. The van der Waals surface area contributed by atoms with E-state index in [4.69, 9.17) is 0 Å². The molecule has 46 heavy (non-hydrogen) atoms. The van der Waals surface area contributed by atoms with Crippen molar-refractivity contribution in [3.05, 3.63) is 118 Å². The average Bonchev–Trinajstić information content (AvgIpc) is 3.48. The van der Waals surface area contributed by atoms with E-state index in [9.17, 15) is 0 Å². The predicted molar refractivity (Wildman–Crippen MR) is 200 cm³/mol. The molecule has 0 radical (unpaired) electrons. The monoisotopic (exact) mass is 772 g/mol. The van der Waals surface area contributed by atoms with Gasteiger partial charge < -0.3 is 24.8 Å². The molecule has 2 aliphatic carbocycles. The number of fused-ring (bicyclic) bond motifs is 2. The van der Waals surface area contributed by atoms with Gasteiger partial charge in [-0.3, -0.25) is 0 Å². The Balaban J connectivity index is 0.00000240. The fourth-order valence-corrected chi connectivity index (χ4v) is 30.5. The van der Waals surface area contributed by atoms with E-state index in [1.165, 1.54) is 43.8 Å². The number of rotatable bonds is 6. The summed E-state index contributed by atoms with van der Waals surface area (Å²) >= 11 is -2.11. The van der Waals surface area contributed by atoms with Crippen LogP contribution in [0.2, 0.25) is 52.4 Å². The van der Waals surface area contributed by atoms with Crippen LogP contribution in [-0.4, -0.2) is 21.6 Å². The van der Waals surface area contributed by atoms with Crippen molar-refractivity contribution in [1.82, 2.24) is 0 Å². The second kappa shape index (κ2) is 14.1. The van der Waals surface area contributed by atoms with E-state index in [0.29, 0.717) is 7.25 Å². The first-order chi connectivity index (χ1) is 20.8. The molecule has 0 aliphatic heterocycles. The van der Waals surface area contributed by atoms with Gasteiger partial charge in [-0.05, 0) is 0 Å². The first kappa shape index (κ1) is 37.3. The molecule has 238 valence electrons. The molecule has 0 nitrogen and oxygen atoms in total. The molecule has 0 spiro atoms. The fraction of sp³-hybridized carbons (Fsp3) is 0.300. The van der Waals surface area contributed by atoms with Crippen molar-refractivity contribution in [3.63, 3.8) is 0 Å². The Hall–Kier alpha value is -1.53. The van der Waals surface area contributed by atoms with Gasteiger partial charge in [0.2, 0.25) is 0 Å². The summed E-state index contributed by atoms with van der Waals surface area (Å²) in [5.74, 6) is 0. The summed E-state index contributed by atoms with van der Waals surface area (Å²) in [5, 5.41) is 3.07. The normalized spacial score (nSPS) is 16.6. The van der Waals surface area contributed by atoms with Gasteiger partial charge >= 0.3 is 279 Å². The van der Waals surface area contributed by atoms with Gasteiger partial charge in [0, 0.05) is 0 Å². The topological polar surface area (TPSA) is 0 Å². The van der Waals surface area contributed by atoms with Crippen LogP contribution in [0.25, 0.3) is 34.4 Å². The van der Waals surface area contributed by atoms with Crippen LogP contribution >= 0.6 is 0 Å². The van der Waals surface area contributed by atoms with E-state index in [1.807, 2.05) is 0 Å². The molecule has 6 heteroatoms. The van der Waals surface area contributed by atoms with Gasteiger partial charge in [0.15, 0.2) is 0 Å². The minimum atomic E-state index is -2.11. The first-order valence-corrected chi connectivity index (χ1v) is 32.3. The summed E-state index contributed by atoms with van der Waals surface area (Å²) < 4.78 is 1.30. The van der Waals surface area contributed by atoms with Crippen LogP contribution in [0.4, 0.5) is 0 Å². The SMILES string of the molecule is CC1=Cc2c(-c3ccc([Si](C)(C)C)cc3)cccc2[CH]1[Zr+2]([CH]1C(C)=Cc2c(-c3ccc([Si](C)(C)C)cc3)cccc21)=[Si](C)C.[Cl-].[Cl-]. The second-order valence-electron chi connectivity index (χ2n) is 15.4. The van der Waals surface area contributed by atoms with Crippen molar-refractivity contribution in [3.8, 4) is 22.3 Å². The maximum Gasteiger partial charge on any atom is -1.00 e. The fourth-order valence-electron chi connectivity index (χ4n) is 7.48. The van der Waals surface area contributed by atoms with Gasteiger partial charge in [0.05, 0.1) is 0 Å². The summed E-state index contributed by atoms with van der Waals surface area (Å²) in [6.45, 7) is 24.8. The molecule has 0 N–H and O–H groups in total. The van der Waals surface area contributed by atoms with Gasteiger partial charge in [-0.15, -0.1) is 0 Å². The van der Waals surface area contributed by atoms with Gasteiger partial charge in [-0.25, -0.2) is 0 Å². The molecule has 0 heterocycles. The van der Waals surface area contributed by atoms with Crippen molar-refractivity contribution >= 4 is 44.1 Å². The Labute approximate surface area is 300 Å². The van der Waals surface area contributed by atoms with Gasteiger partial charge in [0.25, 0.3) is 0 Å². The molecule has 0 fully saturated rings. The molecule has 4 aromatic carbocycles. The molecule has 6 rings (SSSR count). The molecule has 2 unspecified atom stereocenters. The quantitative estimate of drug-likeness (QED) is 0.252. The number of hydrogen-bond donors (Lipinski definition) is 0. The number of allylic oxidation sites excluding steroid dienone is 2. The third-order valence-electron chi connectivity index (χ3n) is 9.88. The maximum atomic E-state index is 2.63. The zero-order chi connectivity index (χ0) is 31.6.